The maximum Gasteiger partial charge on any atom is 0.255 e. The number of hydrogen-bond acceptors (Lipinski definition) is 6. The van der Waals surface area contributed by atoms with Crippen molar-refractivity contribution in [2.45, 2.75) is 58.7 Å². The Labute approximate surface area is 184 Å². The van der Waals surface area contributed by atoms with Gasteiger partial charge in [0.05, 0.1) is 11.8 Å². The molecule has 1 amide bonds. The van der Waals surface area contributed by atoms with Crippen molar-refractivity contribution < 1.29 is 9.53 Å². The van der Waals surface area contributed by atoms with E-state index in [4.69, 9.17) is 4.74 Å². The molecule has 0 atom stereocenters. The largest absolute Gasteiger partial charge is 0.361 e. The zero-order valence-corrected chi connectivity index (χ0v) is 20.5. The summed E-state index contributed by atoms with van der Waals surface area (Å²) in [5, 5.41) is 10.4. The fourth-order valence-corrected chi connectivity index (χ4v) is 3.70. The molecule has 3 aromatic heterocycles. The van der Waals surface area contributed by atoms with E-state index in [1.807, 2.05) is 44.6 Å². The van der Waals surface area contributed by atoms with Gasteiger partial charge < -0.3 is 19.9 Å². The van der Waals surface area contributed by atoms with Crippen LogP contribution in [0.2, 0.25) is 25.7 Å². The van der Waals surface area contributed by atoms with Crippen molar-refractivity contribution in [3.8, 4) is 0 Å². The van der Waals surface area contributed by atoms with E-state index in [1.165, 1.54) is 0 Å². The minimum Gasteiger partial charge on any atom is -0.361 e. The van der Waals surface area contributed by atoms with Gasteiger partial charge in [-0.05, 0) is 26.8 Å². The summed E-state index contributed by atoms with van der Waals surface area (Å²) in [6, 6.07) is 2.92. The van der Waals surface area contributed by atoms with E-state index in [0.29, 0.717) is 41.7 Å². The number of aryl methyl sites for hydroxylation is 1. The number of fused-ring (bicyclic) bond motifs is 1. The third kappa shape index (κ3) is 6.38. The van der Waals surface area contributed by atoms with Crippen molar-refractivity contribution in [1.82, 2.24) is 29.6 Å². The third-order valence-corrected chi connectivity index (χ3v) is 6.20. The number of carbonyl (C=O) groups is 1. The second kappa shape index (κ2) is 8.79. The van der Waals surface area contributed by atoms with Crippen LogP contribution in [0, 0.1) is 0 Å². The molecule has 0 radical (unpaired) electrons. The van der Waals surface area contributed by atoms with Crippen LogP contribution >= 0.6 is 0 Å². The lowest BCUT2D eigenvalue weighted by Crippen LogP contribution is -2.40. The lowest BCUT2D eigenvalue weighted by Gasteiger charge is -2.20. The van der Waals surface area contributed by atoms with Gasteiger partial charge in [-0.25, -0.2) is 9.97 Å². The summed E-state index contributed by atoms with van der Waals surface area (Å²) >= 11 is 0. The van der Waals surface area contributed by atoms with Gasteiger partial charge in [0.1, 0.15) is 12.2 Å². The smallest absolute Gasteiger partial charge is 0.255 e. The first-order valence-electron chi connectivity index (χ1n) is 10.4. The molecule has 3 aromatic rings. The van der Waals surface area contributed by atoms with Gasteiger partial charge in [0.25, 0.3) is 5.91 Å². The number of ether oxygens (including phenoxy) is 1. The van der Waals surface area contributed by atoms with Gasteiger partial charge in [0.2, 0.25) is 0 Å². The first kappa shape index (κ1) is 23.0. The monoisotopic (exact) mass is 443 g/mol. The van der Waals surface area contributed by atoms with Gasteiger partial charge in [-0.1, -0.05) is 19.6 Å². The van der Waals surface area contributed by atoms with Crippen LogP contribution < -0.4 is 10.6 Å². The van der Waals surface area contributed by atoms with E-state index in [2.05, 4.69) is 45.3 Å². The van der Waals surface area contributed by atoms with Crippen LogP contribution in [0.15, 0.2) is 24.7 Å². The zero-order chi connectivity index (χ0) is 22.8. The lowest BCUT2D eigenvalue weighted by molar-refractivity contribution is 0.0886. The zero-order valence-electron chi connectivity index (χ0n) is 19.5. The molecule has 31 heavy (non-hydrogen) atoms. The predicted molar refractivity (Wildman–Crippen MR) is 125 cm³/mol. The number of nitrogens with one attached hydrogen (secondary N) is 2. The van der Waals surface area contributed by atoms with Crippen molar-refractivity contribution in [1.29, 1.82) is 0 Å². The van der Waals surface area contributed by atoms with Crippen molar-refractivity contribution in [3.63, 3.8) is 0 Å². The molecule has 0 unspecified atom stereocenters. The average Bonchev–Trinajstić information content (AvgIpc) is 3.20. The first-order chi connectivity index (χ1) is 14.4. The Morgan fingerprint density at radius 1 is 1.23 bits per heavy atom. The molecule has 0 aliphatic rings. The van der Waals surface area contributed by atoms with Crippen molar-refractivity contribution in [2.75, 3.05) is 11.9 Å². The topological polar surface area (TPSA) is 98.9 Å². The minimum atomic E-state index is -1.17. The van der Waals surface area contributed by atoms with E-state index in [-0.39, 0.29) is 11.4 Å². The number of anilines is 2. The highest BCUT2D eigenvalue weighted by Crippen LogP contribution is 2.22. The fraction of sp³-hybridized carbons (Fsp3) is 0.524. The Kier molecular flexibility index (Phi) is 6.51. The van der Waals surface area contributed by atoms with Gasteiger partial charge in [-0.15, -0.1) is 0 Å². The third-order valence-electron chi connectivity index (χ3n) is 4.49. The van der Waals surface area contributed by atoms with Crippen LogP contribution in [0.3, 0.4) is 0 Å². The molecule has 10 heteroatoms. The van der Waals surface area contributed by atoms with Gasteiger partial charge >= 0.3 is 0 Å². The Hall–Kier alpha value is -2.72. The summed E-state index contributed by atoms with van der Waals surface area (Å²) in [6.45, 7) is 13.8. The average molecular weight is 444 g/mol. The summed E-state index contributed by atoms with van der Waals surface area (Å²) in [7, 11) is 0.671. The van der Waals surface area contributed by atoms with Gasteiger partial charge in [0.15, 0.2) is 17.3 Å². The van der Waals surface area contributed by atoms with Crippen LogP contribution in [0.4, 0.5) is 11.6 Å². The molecule has 0 saturated heterocycles. The highest BCUT2D eigenvalue weighted by molar-refractivity contribution is 6.76. The lowest BCUT2D eigenvalue weighted by atomic mass is 10.1. The summed E-state index contributed by atoms with van der Waals surface area (Å²) in [4.78, 5) is 22.2. The molecule has 0 spiro atoms. The van der Waals surface area contributed by atoms with Gasteiger partial charge in [-0.3, -0.25) is 9.48 Å². The SMILES string of the molecule is Cn1ccc(Nc2cnc3c(n2)c(C(=O)NC(C)(C)C)cn3COCC[Si](C)(C)C)n1. The maximum atomic E-state index is 13.0. The highest BCUT2D eigenvalue weighted by atomic mass is 28.3. The molecule has 0 saturated carbocycles. The quantitative estimate of drug-likeness (QED) is 0.406. The van der Waals surface area contributed by atoms with E-state index >= 15 is 0 Å². The molecular formula is C21H33N7O2Si. The fourth-order valence-electron chi connectivity index (χ4n) is 2.94. The standard InChI is InChI=1S/C21H33N7O2Si/c1-21(2,3)25-20(29)15-13-28(14-30-10-11-31(5,6)7)19-18(15)24-17(12-22-19)23-16-8-9-27(4)26-16/h8-9,12-13H,10-11,14H2,1-7H3,(H,25,29)(H,23,24,26). The van der Waals surface area contributed by atoms with E-state index in [1.54, 1.807) is 17.1 Å². The van der Waals surface area contributed by atoms with Crippen molar-refractivity contribution >= 4 is 36.8 Å². The van der Waals surface area contributed by atoms with E-state index in [0.717, 1.165) is 6.04 Å². The summed E-state index contributed by atoms with van der Waals surface area (Å²) in [6.07, 6.45) is 5.25. The molecule has 168 valence electrons. The normalized spacial score (nSPS) is 12.4. The van der Waals surface area contributed by atoms with Gasteiger partial charge in [0, 0.05) is 45.7 Å². The van der Waals surface area contributed by atoms with Crippen LogP contribution in [0.5, 0.6) is 0 Å². The van der Waals surface area contributed by atoms with Crippen molar-refractivity contribution in [2.24, 2.45) is 7.05 Å². The molecular weight excluding hydrogens is 410 g/mol. The molecule has 0 bridgehead atoms. The molecule has 0 fully saturated rings. The van der Waals surface area contributed by atoms with Crippen LogP contribution in [-0.2, 0) is 18.5 Å². The predicted octanol–water partition coefficient (Wildman–Crippen LogP) is 3.75. The highest BCUT2D eigenvalue weighted by Gasteiger charge is 2.22. The number of nitrogens with zero attached hydrogens (tertiary/aromatic N) is 5. The van der Waals surface area contributed by atoms with Crippen molar-refractivity contribution in [3.05, 3.63) is 30.2 Å². The molecule has 0 aliphatic heterocycles. The van der Waals surface area contributed by atoms with E-state index in [9.17, 15) is 4.79 Å². The second-order valence-corrected chi connectivity index (χ2v) is 15.6. The Balaban J connectivity index is 1.89. The molecule has 3 rings (SSSR count). The summed E-state index contributed by atoms with van der Waals surface area (Å²) in [5.41, 5.74) is 1.24. The summed E-state index contributed by atoms with van der Waals surface area (Å²) < 4.78 is 9.44. The number of aromatic nitrogens is 5. The maximum absolute atomic E-state index is 13.0. The van der Waals surface area contributed by atoms with Gasteiger partial charge in [-0.2, -0.15) is 5.10 Å². The number of hydrogen-bond donors (Lipinski definition) is 2. The van der Waals surface area contributed by atoms with Crippen LogP contribution in [0.25, 0.3) is 11.2 Å². The second-order valence-electron chi connectivity index (χ2n) is 9.99. The molecule has 0 aliphatic carbocycles. The minimum absolute atomic E-state index is 0.192. The number of amides is 1. The number of carbonyl (C=O) groups excluding carboxylic acids is 1. The molecule has 2 N–H and O–H groups in total. The van der Waals surface area contributed by atoms with Crippen LogP contribution in [-0.4, -0.2) is 50.4 Å². The molecule has 9 nitrogen and oxygen atoms in total. The van der Waals surface area contributed by atoms with E-state index < -0.39 is 8.07 Å². The molecule has 3 heterocycles. The Morgan fingerprint density at radius 3 is 2.58 bits per heavy atom. The summed E-state index contributed by atoms with van der Waals surface area (Å²) in [5.74, 6) is 0.988. The first-order valence-corrected chi connectivity index (χ1v) is 14.1. The van der Waals surface area contributed by atoms with Crippen LogP contribution in [0.1, 0.15) is 31.1 Å². The molecule has 0 aromatic carbocycles. The number of rotatable bonds is 8. The Bertz CT molecular complexity index is 1060. The Morgan fingerprint density at radius 2 is 1.97 bits per heavy atom.